The van der Waals surface area contributed by atoms with Crippen LogP contribution in [0.1, 0.15) is 25.3 Å². The van der Waals surface area contributed by atoms with E-state index in [1.807, 2.05) is 35.2 Å². The number of rotatable bonds is 7. The van der Waals surface area contributed by atoms with Gasteiger partial charge in [0.1, 0.15) is 19.4 Å². The van der Waals surface area contributed by atoms with E-state index in [1.165, 1.54) is 12.1 Å². The van der Waals surface area contributed by atoms with Crippen LogP contribution in [0.5, 0.6) is 11.5 Å². The Kier molecular flexibility index (Phi) is 6.81. The smallest absolute Gasteiger partial charge is 0.241 e. The summed E-state index contributed by atoms with van der Waals surface area (Å²) in [5, 5.41) is 11.1. The summed E-state index contributed by atoms with van der Waals surface area (Å²) >= 11 is 0. The fourth-order valence-corrected chi connectivity index (χ4v) is 5.33. The first kappa shape index (κ1) is 22.1. The summed E-state index contributed by atoms with van der Waals surface area (Å²) in [5.41, 5.74) is 0.960. The van der Waals surface area contributed by atoms with Gasteiger partial charge in [0.05, 0.1) is 10.9 Å². The lowest BCUT2D eigenvalue weighted by Crippen LogP contribution is -2.54. The Balaban J connectivity index is 1.57. The molecule has 2 aromatic carbocycles. The molecular weight excluding hydrogens is 416 g/mol. The summed E-state index contributed by atoms with van der Waals surface area (Å²) in [6, 6.07) is 13.5. The number of ether oxygens (including phenoxy) is 2. The van der Waals surface area contributed by atoms with E-state index in [0.717, 1.165) is 31.5 Å². The van der Waals surface area contributed by atoms with E-state index in [2.05, 4.69) is 11.6 Å². The van der Waals surface area contributed by atoms with Gasteiger partial charge in [-0.15, -0.1) is 0 Å². The average Bonchev–Trinajstić information content (AvgIpc) is 2.79. The fraction of sp³-hybridized carbons (Fsp3) is 0.478. The maximum atomic E-state index is 13.2. The molecule has 168 valence electrons. The number of fused-ring (bicyclic) bond motifs is 1. The Bertz CT molecular complexity index is 975. The van der Waals surface area contributed by atoms with E-state index >= 15 is 0 Å². The number of nitrogens with one attached hydrogen (secondary N) is 1. The molecule has 2 aromatic rings. The molecule has 2 N–H and O–H groups in total. The average molecular weight is 447 g/mol. The van der Waals surface area contributed by atoms with Gasteiger partial charge in [-0.05, 0) is 42.9 Å². The highest BCUT2D eigenvalue weighted by atomic mass is 32.2. The highest BCUT2D eigenvalue weighted by molar-refractivity contribution is 7.89. The Hall–Kier alpha value is -2.13. The number of aliphatic hydroxyl groups excluding tert-OH is 1. The summed E-state index contributed by atoms with van der Waals surface area (Å²) in [7, 11) is -3.88. The molecule has 0 aromatic heterocycles. The maximum Gasteiger partial charge on any atom is 0.241 e. The summed E-state index contributed by atoms with van der Waals surface area (Å²) in [4.78, 5) is 2.06. The molecular formula is C23H30N2O5S. The highest BCUT2D eigenvalue weighted by Crippen LogP contribution is 2.32. The number of piperidine rings is 1. The fourth-order valence-electron chi connectivity index (χ4n) is 4.08. The molecule has 0 amide bonds. The molecule has 2 aliphatic rings. The third-order valence-electron chi connectivity index (χ3n) is 5.98. The number of hydrogen-bond acceptors (Lipinski definition) is 6. The SMILES string of the molecule is CC1CCN(C(O)C(Cc2ccccc2)NS(=O)(=O)c2ccc3c(c2)OCCO3)CC1. The van der Waals surface area contributed by atoms with Gasteiger partial charge in [-0.1, -0.05) is 37.3 Å². The van der Waals surface area contributed by atoms with Gasteiger partial charge < -0.3 is 14.6 Å². The van der Waals surface area contributed by atoms with Crippen molar-refractivity contribution in [3.63, 3.8) is 0 Å². The Labute approximate surface area is 184 Å². The minimum atomic E-state index is -3.88. The molecule has 0 radical (unpaired) electrons. The second-order valence-corrected chi connectivity index (χ2v) is 10.1. The predicted molar refractivity (Wildman–Crippen MR) is 118 cm³/mol. The molecule has 4 rings (SSSR count). The lowest BCUT2D eigenvalue weighted by atomic mass is 9.97. The van der Waals surface area contributed by atoms with Gasteiger partial charge in [-0.25, -0.2) is 13.1 Å². The number of nitrogens with zero attached hydrogens (tertiary/aromatic N) is 1. The van der Waals surface area contributed by atoms with Crippen molar-refractivity contribution in [3.8, 4) is 11.5 Å². The zero-order valence-electron chi connectivity index (χ0n) is 17.7. The molecule has 31 heavy (non-hydrogen) atoms. The number of likely N-dealkylation sites (tertiary alicyclic amines) is 1. The van der Waals surface area contributed by atoms with Crippen LogP contribution in [-0.4, -0.2) is 57.0 Å². The van der Waals surface area contributed by atoms with Crippen LogP contribution in [0.25, 0.3) is 0 Å². The van der Waals surface area contributed by atoms with Crippen molar-refractivity contribution < 1.29 is 23.0 Å². The molecule has 8 heteroatoms. The van der Waals surface area contributed by atoms with Crippen LogP contribution >= 0.6 is 0 Å². The minimum absolute atomic E-state index is 0.0919. The summed E-state index contributed by atoms with van der Waals surface area (Å²) in [6.45, 7) is 4.53. The van der Waals surface area contributed by atoms with Crippen molar-refractivity contribution in [1.29, 1.82) is 0 Å². The van der Waals surface area contributed by atoms with Crippen LogP contribution in [0.3, 0.4) is 0 Å². The molecule has 1 saturated heterocycles. The van der Waals surface area contributed by atoms with Gasteiger partial charge in [-0.3, -0.25) is 4.90 Å². The monoisotopic (exact) mass is 446 g/mol. The summed E-state index contributed by atoms with van der Waals surface area (Å²) in [6.07, 6.45) is 1.45. The van der Waals surface area contributed by atoms with Crippen LogP contribution in [0, 0.1) is 5.92 Å². The van der Waals surface area contributed by atoms with Crippen molar-refractivity contribution >= 4 is 10.0 Å². The largest absolute Gasteiger partial charge is 0.486 e. The molecule has 0 aliphatic carbocycles. The standard InChI is InChI=1S/C23H30N2O5S/c1-17-9-11-25(12-10-17)23(26)20(15-18-5-3-2-4-6-18)24-31(27,28)19-7-8-21-22(16-19)30-14-13-29-21/h2-8,16-17,20,23-24,26H,9-15H2,1H3. The second kappa shape index (κ2) is 9.56. The normalized spacial score (nSPS) is 19.7. The maximum absolute atomic E-state index is 13.2. The summed E-state index contributed by atoms with van der Waals surface area (Å²) < 4.78 is 40.2. The highest BCUT2D eigenvalue weighted by Gasteiger charge is 2.32. The van der Waals surface area contributed by atoms with Gasteiger partial charge in [0.25, 0.3) is 0 Å². The third-order valence-corrected chi connectivity index (χ3v) is 7.47. The van der Waals surface area contributed by atoms with E-state index in [0.29, 0.717) is 37.1 Å². The first-order valence-electron chi connectivity index (χ1n) is 10.8. The minimum Gasteiger partial charge on any atom is -0.486 e. The number of hydrogen-bond donors (Lipinski definition) is 2. The van der Waals surface area contributed by atoms with E-state index in [4.69, 9.17) is 9.47 Å². The topological polar surface area (TPSA) is 88.1 Å². The number of aliphatic hydroxyl groups is 1. The summed E-state index contributed by atoms with van der Waals surface area (Å²) in [5.74, 6) is 1.57. The van der Waals surface area contributed by atoms with Crippen molar-refractivity contribution in [2.75, 3.05) is 26.3 Å². The van der Waals surface area contributed by atoms with E-state index in [9.17, 15) is 13.5 Å². The van der Waals surface area contributed by atoms with Crippen LogP contribution in [0.2, 0.25) is 0 Å². The predicted octanol–water partition coefficient (Wildman–Crippen LogP) is 2.40. The number of benzene rings is 2. The first-order chi connectivity index (χ1) is 14.9. The molecule has 1 fully saturated rings. The van der Waals surface area contributed by atoms with Crippen molar-refractivity contribution in [2.45, 2.75) is 43.4 Å². The van der Waals surface area contributed by atoms with E-state index in [1.54, 1.807) is 6.07 Å². The van der Waals surface area contributed by atoms with Crippen LogP contribution < -0.4 is 14.2 Å². The molecule has 2 aliphatic heterocycles. The van der Waals surface area contributed by atoms with Gasteiger partial charge in [0, 0.05) is 19.2 Å². The van der Waals surface area contributed by atoms with Crippen molar-refractivity contribution in [2.24, 2.45) is 5.92 Å². The van der Waals surface area contributed by atoms with Crippen LogP contribution in [0.15, 0.2) is 53.4 Å². The second-order valence-electron chi connectivity index (χ2n) is 8.36. The Morgan fingerprint density at radius 1 is 1.06 bits per heavy atom. The molecule has 0 bridgehead atoms. The molecule has 0 saturated carbocycles. The van der Waals surface area contributed by atoms with E-state index < -0.39 is 22.3 Å². The molecule has 2 atom stereocenters. The zero-order valence-corrected chi connectivity index (χ0v) is 18.6. The van der Waals surface area contributed by atoms with Gasteiger partial charge in [0.15, 0.2) is 11.5 Å². The Morgan fingerprint density at radius 3 is 2.45 bits per heavy atom. The first-order valence-corrected chi connectivity index (χ1v) is 12.3. The third kappa shape index (κ3) is 5.38. The van der Waals surface area contributed by atoms with Gasteiger partial charge in [-0.2, -0.15) is 0 Å². The number of sulfonamides is 1. The quantitative estimate of drug-likeness (QED) is 0.679. The van der Waals surface area contributed by atoms with Crippen molar-refractivity contribution in [1.82, 2.24) is 9.62 Å². The molecule has 2 heterocycles. The lowest BCUT2D eigenvalue weighted by molar-refractivity contribution is -0.0352. The Morgan fingerprint density at radius 2 is 1.74 bits per heavy atom. The van der Waals surface area contributed by atoms with E-state index in [-0.39, 0.29) is 4.90 Å². The van der Waals surface area contributed by atoms with Crippen LogP contribution in [0.4, 0.5) is 0 Å². The molecule has 0 spiro atoms. The van der Waals surface area contributed by atoms with Crippen molar-refractivity contribution in [3.05, 3.63) is 54.1 Å². The molecule has 2 unspecified atom stereocenters. The zero-order chi connectivity index (χ0) is 21.8. The van der Waals surface area contributed by atoms with Gasteiger partial charge >= 0.3 is 0 Å². The lowest BCUT2D eigenvalue weighted by Gasteiger charge is -2.37. The van der Waals surface area contributed by atoms with Crippen LogP contribution in [-0.2, 0) is 16.4 Å². The molecule has 7 nitrogen and oxygen atoms in total. The van der Waals surface area contributed by atoms with Gasteiger partial charge in [0.2, 0.25) is 10.0 Å².